The van der Waals surface area contributed by atoms with Crippen LogP contribution in [0.2, 0.25) is 5.02 Å². The number of hydrogen-bond donors (Lipinski definition) is 1. The van der Waals surface area contributed by atoms with Crippen LogP contribution in [0.25, 0.3) is 0 Å². The van der Waals surface area contributed by atoms with Crippen LogP contribution in [0.15, 0.2) is 28.0 Å². The first kappa shape index (κ1) is 23.2. The van der Waals surface area contributed by atoms with Gasteiger partial charge in [-0.1, -0.05) is 16.8 Å². The zero-order valence-corrected chi connectivity index (χ0v) is 18.5. The van der Waals surface area contributed by atoms with Crippen molar-refractivity contribution < 1.29 is 27.4 Å². The van der Waals surface area contributed by atoms with Gasteiger partial charge in [0.1, 0.15) is 5.82 Å². The number of rotatable bonds is 7. The first-order chi connectivity index (χ1) is 14.7. The summed E-state index contributed by atoms with van der Waals surface area (Å²) < 4.78 is 49.6. The van der Waals surface area contributed by atoms with Crippen LogP contribution in [0.1, 0.15) is 5.69 Å². The number of nitrogens with zero attached hydrogens (tertiary/aromatic N) is 6. The zero-order valence-electron chi connectivity index (χ0n) is 16.9. The highest BCUT2D eigenvalue weighted by atomic mass is 35.5. The molecule has 11 nitrogen and oxygen atoms in total. The number of benzene rings is 1. The molecule has 1 saturated heterocycles. The average Bonchev–Trinajstić information content (AvgIpc) is 3.19. The minimum atomic E-state index is -3.77. The van der Waals surface area contributed by atoms with Crippen molar-refractivity contribution >= 4 is 39.0 Å². The minimum absolute atomic E-state index is 0.0743. The summed E-state index contributed by atoms with van der Waals surface area (Å²) in [4.78, 5) is 3.40. The molecule has 31 heavy (non-hydrogen) atoms. The zero-order chi connectivity index (χ0) is 22.6. The smallest absolute Gasteiger partial charge is 0.233 e. The topological polar surface area (TPSA) is 125 Å². The van der Waals surface area contributed by atoms with Crippen molar-refractivity contribution in [1.82, 2.24) is 15.2 Å². The molecule has 0 amide bonds. The van der Waals surface area contributed by atoms with Crippen molar-refractivity contribution in [3.63, 3.8) is 0 Å². The minimum Gasteiger partial charge on any atom is -0.409 e. The SMILES string of the molecule is CN(C(=NO)c1nonc1N(CCN1CCOCC1)S(C)(=O)=O)c1ccc(F)c(Cl)c1. The van der Waals surface area contributed by atoms with Crippen LogP contribution in [0.4, 0.5) is 15.9 Å². The maximum absolute atomic E-state index is 13.5. The Labute approximate surface area is 183 Å². The van der Waals surface area contributed by atoms with E-state index in [-0.39, 0.29) is 28.9 Å². The summed E-state index contributed by atoms with van der Waals surface area (Å²) in [6.45, 7) is 3.00. The lowest BCUT2D eigenvalue weighted by molar-refractivity contribution is 0.0395. The molecule has 0 aliphatic carbocycles. The van der Waals surface area contributed by atoms with Gasteiger partial charge in [-0.2, -0.15) is 0 Å². The lowest BCUT2D eigenvalue weighted by Crippen LogP contribution is -2.43. The molecule has 1 fully saturated rings. The van der Waals surface area contributed by atoms with Crippen LogP contribution in [0.3, 0.4) is 0 Å². The van der Waals surface area contributed by atoms with E-state index in [1.807, 2.05) is 0 Å². The van der Waals surface area contributed by atoms with Crippen LogP contribution >= 0.6 is 11.6 Å². The molecular weight excluding hydrogens is 455 g/mol. The van der Waals surface area contributed by atoms with Gasteiger partial charge in [-0.15, -0.1) is 0 Å². The molecule has 1 aliphatic heterocycles. The third kappa shape index (κ3) is 5.42. The van der Waals surface area contributed by atoms with Crippen LogP contribution in [0.5, 0.6) is 0 Å². The molecule has 2 aromatic rings. The van der Waals surface area contributed by atoms with E-state index in [0.717, 1.165) is 16.6 Å². The van der Waals surface area contributed by atoms with Gasteiger partial charge in [0.05, 0.1) is 24.5 Å². The maximum Gasteiger partial charge on any atom is 0.233 e. The summed E-state index contributed by atoms with van der Waals surface area (Å²) in [5.41, 5.74) is 0.255. The van der Waals surface area contributed by atoms with E-state index >= 15 is 0 Å². The van der Waals surface area contributed by atoms with Crippen LogP contribution in [0, 0.1) is 5.82 Å². The van der Waals surface area contributed by atoms with Gasteiger partial charge in [0.15, 0.2) is 5.69 Å². The fraction of sp³-hybridized carbons (Fsp3) is 0.471. The number of amidine groups is 1. The molecule has 1 aromatic carbocycles. The molecule has 3 rings (SSSR count). The summed E-state index contributed by atoms with van der Waals surface area (Å²) in [5.74, 6) is -0.918. The summed E-state index contributed by atoms with van der Waals surface area (Å²) in [7, 11) is -2.26. The highest BCUT2D eigenvalue weighted by Gasteiger charge is 2.30. The Morgan fingerprint density at radius 3 is 2.68 bits per heavy atom. The predicted octanol–water partition coefficient (Wildman–Crippen LogP) is 1.23. The fourth-order valence-electron chi connectivity index (χ4n) is 3.06. The predicted molar refractivity (Wildman–Crippen MR) is 112 cm³/mol. The van der Waals surface area contributed by atoms with E-state index < -0.39 is 15.8 Å². The van der Waals surface area contributed by atoms with Gasteiger partial charge in [-0.25, -0.2) is 21.7 Å². The summed E-state index contributed by atoms with van der Waals surface area (Å²) >= 11 is 5.84. The monoisotopic (exact) mass is 476 g/mol. The Kier molecular flexibility index (Phi) is 7.30. The van der Waals surface area contributed by atoms with Gasteiger partial charge in [-0.05, 0) is 28.5 Å². The molecule has 0 unspecified atom stereocenters. The second-order valence-electron chi connectivity index (χ2n) is 6.81. The number of hydrogen-bond acceptors (Lipinski definition) is 9. The number of anilines is 2. The molecule has 0 bridgehead atoms. The standard InChI is InChI=1S/C17H22ClFN6O5S/c1-23(12-3-4-14(19)13(18)11-12)16(20-26)15-17(22-30-21-15)25(31(2,27)28)6-5-24-7-9-29-10-8-24/h3-4,11,26H,5-10H2,1-2H3. The lowest BCUT2D eigenvalue weighted by Gasteiger charge is -2.29. The Bertz CT molecular complexity index is 1040. The summed E-state index contributed by atoms with van der Waals surface area (Å²) in [6.07, 6.45) is 1.03. The molecule has 170 valence electrons. The van der Waals surface area contributed by atoms with Crippen molar-refractivity contribution in [2.45, 2.75) is 0 Å². The van der Waals surface area contributed by atoms with Gasteiger partial charge in [0, 0.05) is 38.9 Å². The number of sulfonamides is 1. The highest BCUT2D eigenvalue weighted by Crippen LogP contribution is 2.26. The van der Waals surface area contributed by atoms with Crippen LogP contribution in [-0.2, 0) is 14.8 Å². The Morgan fingerprint density at radius 1 is 1.35 bits per heavy atom. The van der Waals surface area contributed by atoms with E-state index in [4.69, 9.17) is 21.0 Å². The number of morpholine rings is 1. The van der Waals surface area contributed by atoms with Crippen molar-refractivity contribution in [2.75, 3.05) is 61.9 Å². The van der Waals surface area contributed by atoms with Gasteiger partial charge in [0.2, 0.25) is 21.7 Å². The first-order valence-electron chi connectivity index (χ1n) is 9.24. The molecule has 1 aliphatic rings. The van der Waals surface area contributed by atoms with Crippen molar-refractivity contribution in [3.05, 3.63) is 34.7 Å². The Hall–Kier alpha value is -2.48. The quantitative estimate of drug-likeness (QED) is 0.272. The van der Waals surface area contributed by atoms with Crippen LogP contribution in [-0.4, -0.2) is 87.4 Å². The van der Waals surface area contributed by atoms with Crippen molar-refractivity contribution in [3.8, 4) is 0 Å². The number of aromatic nitrogens is 2. The number of ether oxygens (including phenoxy) is 1. The van der Waals surface area contributed by atoms with E-state index in [2.05, 4.69) is 20.4 Å². The normalized spacial score (nSPS) is 15.8. The Balaban J connectivity index is 1.89. The van der Waals surface area contributed by atoms with E-state index in [0.29, 0.717) is 38.5 Å². The fourth-order valence-corrected chi connectivity index (χ4v) is 4.09. The molecule has 1 aromatic heterocycles. The maximum atomic E-state index is 13.5. The molecule has 0 atom stereocenters. The lowest BCUT2D eigenvalue weighted by atomic mass is 10.2. The van der Waals surface area contributed by atoms with Crippen molar-refractivity contribution in [1.29, 1.82) is 0 Å². The molecule has 1 N–H and O–H groups in total. The molecule has 0 radical (unpaired) electrons. The van der Waals surface area contributed by atoms with E-state index in [9.17, 15) is 18.0 Å². The molecule has 14 heteroatoms. The summed E-state index contributed by atoms with van der Waals surface area (Å²) in [6, 6.07) is 3.88. The second-order valence-corrected chi connectivity index (χ2v) is 9.12. The average molecular weight is 477 g/mol. The second kappa shape index (κ2) is 9.77. The number of oxime groups is 1. The molecule has 2 heterocycles. The third-order valence-electron chi connectivity index (χ3n) is 4.75. The van der Waals surface area contributed by atoms with Gasteiger partial charge < -0.3 is 14.8 Å². The third-order valence-corrected chi connectivity index (χ3v) is 6.19. The Morgan fingerprint density at radius 2 is 2.06 bits per heavy atom. The largest absolute Gasteiger partial charge is 0.409 e. The van der Waals surface area contributed by atoms with E-state index in [1.54, 1.807) is 0 Å². The highest BCUT2D eigenvalue weighted by molar-refractivity contribution is 7.92. The van der Waals surface area contributed by atoms with Crippen molar-refractivity contribution in [2.24, 2.45) is 5.16 Å². The van der Waals surface area contributed by atoms with Gasteiger partial charge >= 0.3 is 0 Å². The first-order valence-corrected chi connectivity index (χ1v) is 11.5. The van der Waals surface area contributed by atoms with E-state index in [1.165, 1.54) is 24.1 Å². The molecular formula is C17H22ClFN6O5S. The van der Waals surface area contributed by atoms with Gasteiger partial charge in [0.25, 0.3) is 0 Å². The molecule has 0 spiro atoms. The summed E-state index contributed by atoms with van der Waals surface area (Å²) in [5, 5.41) is 20.2. The van der Waals surface area contributed by atoms with Crippen LogP contribution < -0.4 is 9.21 Å². The van der Waals surface area contributed by atoms with Gasteiger partial charge in [-0.3, -0.25) is 4.90 Å². The molecule has 0 saturated carbocycles. The number of halogens is 2.